The predicted octanol–water partition coefficient (Wildman–Crippen LogP) is -0.143. The molecule has 0 aliphatic heterocycles. The molecule has 0 amide bonds. The van der Waals surface area contributed by atoms with Gasteiger partial charge in [-0.15, -0.1) is 12.4 Å². The molecular formula is C5H12ClNO3. The van der Waals surface area contributed by atoms with Gasteiger partial charge in [0.25, 0.3) is 0 Å². The molecule has 0 radical (unpaired) electrons. The molecule has 5 heteroatoms. The molecule has 0 aromatic heterocycles. The highest BCUT2D eigenvalue weighted by atomic mass is 35.5. The molecule has 10 heavy (non-hydrogen) atoms. The molecule has 0 aromatic carbocycles. The maximum absolute atomic E-state index is 9.81. The maximum Gasteiger partial charge on any atom is 0.329 e. The van der Waals surface area contributed by atoms with Crippen LogP contribution in [0.25, 0.3) is 0 Å². The van der Waals surface area contributed by atoms with Gasteiger partial charge in [0.05, 0.1) is 6.61 Å². The van der Waals surface area contributed by atoms with Gasteiger partial charge >= 0.3 is 5.97 Å². The Morgan fingerprint density at radius 2 is 2.30 bits per heavy atom. The Labute approximate surface area is 65.8 Å². The lowest BCUT2D eigenvalue weighted by Gasteiger charge is -2.02. The first-order valence-corrected chi connectivity index (χ1v) is 2.68. The number of nitrogens with two attached hydrogens (primary N) is 1. The summed E-state index contributed by atoms with van der Waals surface area (Å²) in [5.41, 5.74) is 5.26. The summed E-state index contributed by atoms with van der Waals surface area (Å²) < 4.78 is 4.63. The van der Waals surface area contributed by atoms with Crippen molar-refractivity contribution >= 4 is 18.4 Å². The van der Waals surface area contributed by atoms with Crippen molar-refractivity contribution in [1.82, 2.24) is 0 Å². The van der Waals surface area contributed by atoms with Crippen LogP contribution in [0.15, 0.2) is 0 Å². The fourth-order valence-electron chi connectivity index (χ4n) is 0.332. The van der Waals surface area contributed by atoms with Crippen LogP contribution in [-0.4, -0.2) is 30.3 Å². The normalized spacial score (nSPS) is 11.8. The molecule has 1 atom stereocenters. The summed E-state index contributed by atoms with van der Waals surface area (Å²) in [5, 5.41) is 8.06. The van der Waals surface area contributed by atoms with E-state index in [1.54, 1.807) is 6.92 Å². The predicted molar refractivity (Wildman–Crippen MR) is 39.4 cm³/mol. The van der Waals surface area contributed by atoms with Crippen molar-refractivity contribution in [3.05, 3.63) is 0 Å². The number of rotatable bonds is 4. The van der Waals surface area contributed by atoms with Crippen molar-refractivity contribution in [1.29, 1.82) is 0 Å². The first-order valence-electron chi connectivity index (χ1n) is 2.68. The Hall–Kier alpha value is -0.320. The van der Waals surface area contributed by atoms with Gasteiger partial charge in [-0.3, -0.25) is 0 Å². The number of halogens is 1. The molecule has 3 N–H and O–H groups in total. The maximum atomic E-state index is 9.81. The second kappa shape index (κ2) is 6.80. The fourth-order valence-corrected chi connectivity index (χ4v) is 0.332. The van der Waals surface area contributed by atoms with Crippen molar-refractivity contribution in [3.8, 4) is 0 Å². The SMILES string of the molecule is CC(N)COCC(=O)O.Cl. The molecular weight excluding hydrogens is 158 g/mol. The fraction of sp³-hybridized carbons (Fsp3) is 0.800. The molecule has 0 heterocycles. The molecule has 0 aromatic rings. The average Bonchev–Trinajstić information content (AvgIpc) is 1.63. The molecule has 0 fully saturated rings. The second-order valence-corrected chi connectivity index (χ2v) is 1.89. The first-order chi connectivity index (χ1) is 4.13. The van der Waals surface area contributed by atoms with Gasteiger partial charge in [-0.05, 0) is 6.92 Å². The Morgan fingerprint density at radius 1 is 1.80 bits per heavy atom. The standard InChI is InChI=1S/C5H11NO3.ClH/c1-4(6)2-9-3-5(7)8;/h4H,2-3,6H2,1H3,(H,7,8);1H. The molecule has 4 nitrogen and oxygen atoms in total. The van der Waals surface area contributed by atoms with E-state index in [0.29, 0.717) is 6.61 Å². The van der Waals surface area contributed by atoms with Gasteiger partial charge in [0.1, 0.15) is 6.61 Å². The largest absolute Gasteiger partial charge is 0.480 e. The van der Waals surface area contributed by atoms with Crippen LogP contribution >= 0.6 is 12.4 Å². The van der Waals surface area contributed by atoms with Gasteiger partial charge in [-0.2, -0.15) is 0 Å². The van der Waals surface area contributed by atoms with Crippen molar-refractivity contribution in [2.75, 3.05) is 13.2 Å². The summed E-state index contributed by atoms with van der Waals surface area (Å²) in [6.45, 7) is 1.79. The third kappa shape index (κ3) is 10.6. The molecule has 0 aliphatic carbocycles. The van der Waals surface area contributed by atoms with E-state index in [1.807, 2.05) is 0 Å². The first kappa shape index (κ1) is 12.4. The molecule has 62 valence electrons. The number of hydrogen-bond donors (Lipinski definition) is 2. The zero-order chi connectivity index (χ0) is 7.28. The number of aliphatic carboxylic acids is 1. The van der Waals surface area contributed by atoms with E-state index in [0.717, 1.165) is 0 Å². The van der Waals surface area contributed by atoms with E-state index in [1.165, 1.54) is 0 Å². The molecule has 0 saturated carbocycles. The van der Waals surface area contributed by atoms with Gasteiger partial charge in [0, 0.05) is 6.04 Å². The number of carboxylic acid groups (broad SMARTS) is 1. The smallest absolute Gasteiger partial charge is 0.329 e. The molecule has 0 bridgehead atoms. The minimum absolute atomic E-state index is 0. The van der Waals surface area contributed by atoms with Crippen molar-refractivity contribution in [2.24, 2.45) is 5.73 Å². The summed E-state index contributed by atoms with van der Waals surface area (Å²) in [6.07, 6.45) is 0. The van der Waals surface area contributed by atoms with Gasteiger partial charge in [-0.1, -0.05) is 0 Å². The van der Waals surface area contributed by atoms with Gasteiger partial charge < -0.3 is 15.6 Å². The van der Waals surface area contributed by atoms with E-state index in [9.17, 15) is 4.79 Å². The van der Waals surface area contributed by atoms with Crippen LogP contribution in [0.2, 0.25) is 0 Å². The van der Waals surface area contributed by atoms with Gasteiger partial charge in [0.15, 0.2) is 0 Å². The van der Waals surface area contributed by atoms with Crippen LogP contribution in [0.1, 0.15) is 6.92 Å². The Morgan fingerprint density at radius 3 is 2.60 bits per heavy atom. The highest BCUT2D eigenvalue weighted by Crippen LogP contribution is 1.78. The van der Waals surface area contributed by atoms with Crippen molar-refractivity contribution in [2.45, 2.75) is 13.0 Å². The van der Waals surface area contributed by atoms with Crippen LogP contribution in [0, 0.1) is 0 Å². The van der Waals surface area contributed by atoms with E-state index >= 15 is 0 Å². The Kier molecular flexibility index (Phi) is 8.40. The summed E-state index contributed by atoms with van der Waals surface area (Å²) in [6, 6.07) is -0.0932. The lowest BCUT2D eigenvalue weighted by molar-refractivity contribution is -0.142. The lowest BCUT2D eigenvalue weighted by Crippen LogP contribution is -2.23. The molecule has 0 aliphatic rings. The highest BCUT2D eigenvalue weighted by Gasteiger charge is 1.97. The van der Waals surface area contributed by atoms with Gasteiger partial charge in [0.2, 0.25) is 0 Å². The molecule has 0 spiro atoms. The summed E-state index contributed by atoms with van der Waals surface area (Å²) >= 11 is 0. The zero-order valence-electron chi connectivity index (χ0n) is 5.74. The van der Waals surface area contributed by atoms with Crippen LogP contribution in [0.3, 0.4) is 0 Å². The average molecular weight is 170 g/mol. The number of carbonyl (C=O) groups is 1. The Balaban J connectivity index is 0. The third-order valence-corrected chi connectivity index (χ3v) is 0.606. The lowest BCUT2D eigenvalue weighted by atomic mass is 10.4. The quantitative estimate of drug-likeness (QED) is 0.614. The van der Waals surface area contributed by atoms with Crippen LogP contribution in [0.4, 0.5) is 0 Å². The zero-order valence-corrected chi connectivity index (χ0v) is 6.56. The number of ether oxygens (including phenoxy) is 1. The third-order valence-electron chi connectivity index (χ3n) is 0.606. The minimum atomic E-state index is -0.962. The monoisotopic (exact) mass is 169 g/mol. The Bertz CT molecular complexity index is 96.9. The molecule has 1 unspecified atom stereocenters. The van der Waals surface area contributed by atoms with E-state index in [-0.39, 0.29) is 25.1 Å². The number of carboxylic acids is 1. The topological polar surface area (TPSA) is 72.5 Å². The van der Waals surface area contributed by atoms with Crippen LogP contribution < -0.4 is 5.73 Å². The summed E-state index contributed by atoms with van der Waals surface area (Å²) in [7, 11) is 0. The van der Waals surface area contributed by atoms with E-state index in [4.69, 9.17) is 10.8 Å². The second-order valence-electron chi connectivity index (χ2n) is 1.89. The molecule has 0 saturated heterocycles. The molecule has 0 rings (SSSR count). The summed E-state index contributed by atoms with van der Waals surface area (Å²) in [5.74, 6) is -0.962. The minimum Gasteiger partial charge on any atom is -0.480 e. The van der Waals surface area contributed by atoms with Crippen molar-refractivity contribution < 1.29 is 14.6 Å². The van der Waals surface area contributed by atoms with Gasteiger partial charge in [-0.25, -0.2) is 4.79 Å². The van der Waals surface area contributed by atoms with E-state index < -0.39 is 5.97 Å². The van der Waals surface area contributed by atoms with Crippen molar-refractivity contribution in [3.63, 3.8) is 0 Å². The van der Waals surface area contributed by atoms with Crippen LogP contribution in [0.5, 0.6) is 0 Å². The van der Waals surface area contributed by atoms with E-state index in [2.05, 4.69) is 4.74 Å². The highest BCUT2D eigenvalue weighted by molar-refractivity contribution is 5.85. The number of hydrogen-bond acceptors (Lipinski definition) is 3. The van der Waals surface area contributed by atoms with Crippen LogP contribution in [-0.2, 0) is 9.53 Å². The summed E-state index contributed by atoms with van der Waals surface area (Å²) in [4.78, 5) is 9.81.